The number of methoxy groups -OCH3 is 1. The largest absolute Gasteiger partial charge is 0.496 e. The highest BCUT2D eigenvalue weighted by atomic mass is 32.2. The standard InChI is InChI=1S/C12H16O2S/c1-14-12-6-4-3-5-10(12)9-11(13)7-8-15-2/h3-6H,7-9H2,1-2H3. The number of para-hydroxylation sites is 1. The van der Waals surface area contributed by atoms with E-state index in [1.807, 2.05) is 30.5 Å². The Labute approximate surface area is 95.0 Å². The number of benzene rings is 1. The Morgan fingerprint density at radius 3 is 2.80 bits per heavy atom. The molecule has 0 aromatic heterocycles. The highest BCUT2D eigenvalue weighted by Crippen LogP contribution is 2.18. The van der Waals surface area contributed by atoms with E-state index in [1.54, 1.807) is 18.9 Å². The molecular weight excluding hydrogens is 208 g/mol. The van der Waals surface area contributed by atoms with E-state index in [1.165, 1.54) is 0 Å². The van der Waals surface area contributed by atoms with Gasteiger partial charge in [-0.2, -0.15) is 11.8 Å². The second kappa shape index (κ2) is 6.51. The summed E-state index contributed by atoms with van der Waals surface area (Å²) in [7, 11) is 1.63. The summed E-state index contributed by atoms with van der Waals surface area (Å²) in [5.41, 5.74) is 0.978. The summed E-state index contributed by atoms with van der Waals surface area (Å²) in [6, 6.07) is 7.67. The van der Waals surface area contributed by atoms with Crippen molar-refractivity contribution in [1.82, 2.24) is 0 Å². The summed E-state index contributed by atoms with van der Waals surface area (Å²) in [5, 5.41) is 0. The molecule has 0 N–H and O–H groups in total. The molecule has 0 heterocycles. The lowest BCUT2D eigenvalue weighted by Gasteiger charge is -2.06. The summed E-state index contributed by atoms with van der Waals surface area (Å²) < 4.78 is 5.19. The van der Waals surface area contributed by atoms with Crippen molar-refractivity contribution >= 4 is 17.5 Å². The number of hydrogen-bond donors (Lipinski definition) is 0. The van der Waals surface area contributed by atoms with Gasteiger partial charge in [0.05, 0.1) is 7.11 Å². The second-order valence-electron chi connectivity index (χ2n) is 3.27. The van der Waals surface area contributed by atoms with Crippen LogP contribution in [-0.4, -0.2) is 24.9 Å². The Morgan fingerprint density at radius 2 is 2.13 bits per heavy atom. The van der Waals surface area contributed by atoms with Crippen LogP contribution in [0.2, 0.25) is 0 Å². The van der Waals surface area contributed by atoms with E-state index >= 15 is 0 Å². The van der Waals surface area contributed by atoms with Gasteiger partial charge in [0.2, 0.25) is 0 Å². The Hall–Kier alpha value is -0.960. The third-order valence-corrected chi connectivity index (χ3v) is 2.78. The highest BCUT2D eigenvalue weighted by Gasteiger charge is 2.07. The molecule has 3 heteroatoms. The van der Waals surface area contributed by atoms with Crippen molar-refractivity contribution in [3.63, 3.8) is 0 Å². The number of thioether (sulfide) groups is 1. The molecule has 0 spiro atoms. The zero-order valence-electron chi connectivity index (χ0n) is 9.16. The summed E-state index contributed by atoms with van der Waals surface area (Å²) in [6.07, 6.45) is 3.13. The molecule has 15 heavy (non-hydrogen) atoms. The van der Waals surface area contributed by atoms with Crippen LogP contribution in [0.25, 0.3) is 0 Å². The molecule has 0 fully saturated rings. The average molecular weight is 224 g/mol. The van der Waals surface area contributed by atoms with Crippen LogP contribution < -0.4 is 4.74 Å². The molecule has 0 bridgehead atoms. The van der Waals surface area contributed by atoms with Gasteiger partial charge in [-0.1, -0.05) is 18.2 Å². The van der Waals surface area contributed by atoms with Crippen LogP contribution in [-0.2, 0) is 11.2 Å². The predicted molar refractivity (Wildman–Crippen MR) is 64.7 cm³/mol. The number of Topliss-reactive ketones (excluding diaryl/α,β-unsaturated/α-hetero) is 1. The topological polar surface area (TPSA) is 26.3 Å². The Bertz CT molecular complexity index is 323. The van der Waals surface area contributed by atoms with Crippen LogP contribution in [0.5, 0.6) is 5.75 Å². The smallest absolute Gasteiger partial charge is 0.138 e. The molecule has 0 saturated heterocycles. The van der Waals surface area contributed by atoms with Gasteiger partial charge in [-0.3, -0.25) is 4.79 Å². The van der Waals surface area contributed by atoms with Gasteiger partial charge >= 0.3 is 0 Å². The van der Waals surface area contributed by atoms with E-state index < -0.39 is 0 Å². The number of ketones is 1. The van der Waals surface area contributed by atoms with Gasteiger partial charge in [-0.15, -0.1) is 0 Å². The Balaban J connectivity index is 2.59. The molecular formula is C12H16O2S. The van der Waals surface area contributed by atoms with Gasteiger partial charge in [-0.25, -0.2) is 0 Å². The lowest BCUT2D eigenvalue weighted by molar-refractivity contribution is -0.118. The molecule has 2 nitrogen and oxygen atoms in total. The fraction of sp³-hybridized carbons (Fsp3) is 0.417. The van der Waals surface area contributed by atoms with Crippen LogP contribution in [0.1, 0.15) is 12.0 Å². The zero-order chi connectivity index (χ0) is 11.1. The van der Waals surface area contributed by atoms with E-state index in [-0.39, 0.29) is 5.78 Å². The molecule has 1 aromatic rings. The minimum atomic E-state index is 0.272. The Kier molecular flexibility index (Phi) is 5.26. The fourth-order valence-corrected chi connectivity index (χ4v) is 1.80. The molecule has 0 aliphatic rings. The second-order valence-corrected chi connectivity index (χ2v) is 4.26. The van der Waals surface area contributed by atoms with Crippen molar-refractivity contribution in [2.45, 2.75) is 12.8 Å². The van der Waals surface area contributed by atoms with Gasteiger partial charge in [-0.05, 0) is 18.1 Å². The third kappa shape index (κ3) is 3.96. The van der Waals surface area contributed by atoms with Crippen molar-refractivity contribution in [1.29, 1.82) is 0 Å². The Morgan fingerprint density at radius 1 is 1.40 bits per heavy atom. The first kappa shape index (κ1) is 12.1. The van der Waals surface area contributed by atoms with Gasteiger partial charge in [0.25, 0.3) is 0 Å². The number of hydrogen-bond acceptors (Lipinski definition) is 3. The van der Waals surface area contributed by atoms with E-state index in [2.05, 4.69) is 0 Å². The maximum Gasteiger partial charge on any atom is 0.138 e. The van der Waals surface area contributed by atoms with Gasteiger partial charge in [0.15, 0.2) is 0 Å². The first-order chi connectivity index (χ1) is 7.27. The molecule has 0 aliphatic carbocycles. The SMILES string of the molecule is COc1ccccc1CC(=O)CCSC. The van der Waals surface area contributed by atoms with Gasteiger partial charge in [0, 0.05) is 18.4 Å². The first-order valence-electron chi connectivity index (χ1n) is 4.90. The molecule has 1 rings (SSSR count). The van der Waals surface area contributed by atoms with E-state index in [0.717, 1.165) is 17.1 Å². The minimum absolute atomic E-state index is 0.272. The lowest BCUT2D eigenvalue weighted by atomic mass is 10.1. The van der Waals surface area contributed by atoms with Crippen molar-refractivity contribution < 1.29 is 9.53 Å². The summed E-state index contributed by atoms with van der Waals surface area (Å²) in [6.45, 7) is 0. The molecule has 1 aromatic carbocycles. The maximum absolute atomic E-state index is 11.6. The van der Waals surface area contributed by atoms with Crippen molar-refractivity contribution in [3.8, 4) is 5.75 Å². The van der Waals surface area contributed by atoms with E-state index in [9.17, 15) is 4.79 Å². The predicted octanol–water partition coefficient (Wildman–Crippen LogP) is 2.56. The van der Waals surface area contributed by atoms with Gasteiger partial charge < -0.3 is 4.74 Å². The lowest BCUT2D eigenvalue weighted by Crippen LogP contribution is -2.05. The number of carbonyl (C=O) groups is 1. The molecule has 0 radical (unpaired) electrons. The number of carbonyl (C=O) groups excluding carboxylic acids is 1. The monoisotopic (exact) mass is 224 g/mol. The van der Waals surface area contributed by atoms with Crippen LogP contribution >= 0.6 is 11.8 Å². The van der Waals surface area contributed by atoms with E-state index in [0.29, 0.717) is 12.8 Å². The maximum atomic E-state index is 11.6. The van der Waals surface area contributed by atoms with Crippen molar-refractivity contribution in [3.05, 3.63) is 29.8 Å². The van der Waals surface area contributed by atoms with Crippen molar-refractivity contribution in [2.75, 3.05) is 19.1 Å². The fourth-order valence-electron chi connectivity index (χ4n) is 1.37. The molecule has 0 amide bonds. The van der Waals surface area contributed by atoms with Crippen LogP contribution in [0.15, 0.2) is 24.3 Å². The summed E-state index contributed by atoms with van der Waals surface area (Å²) >= 11 is 1.70. The van der Waals surface area contributed by atoms with Gasteiger partial charge in [0.1, 0.15) is 11.5 Å². The molecule has 0 aliphatic heterocycles. The normalized spacial score (nSPS) is 10.0. The molecule has 0 atom stereocenters. The quantitative estimate of drug-likeness (QED) is 0.743. The number of ether oxygens (including phenoxy) is 1. The van der Waals surface area contributed by atoms with Crippen LogP contribution in [0, 0.1) is 0 Å². The summed E-state index contributed by atoms with van der Waals surface area (Å²) in [5.74, 6) is 1.97. The molecule has 0 unspecified atom stereocenters. The molecule has 82 valence electrons. The van der Waals surface area contributed by atoms with Crippen LogP contribution in [0.3, 0.4) is 0 Å². The minimum Gasteiger partial charge on any atom is -0.496 e. The van der Waals surface area contributed by atoms with Crippen molar-refractivity contribution in [2.24, 2.45) is 0 Å². The summed E-state index contributed by atoms with van der Waals surface area (Å²) in [4.78, 5) is 11.6. The average Bonchev–Trinajstić information content (AvgIpc) is 2.27. The third-order valence-electron chi connectivity index (χ3n) is 2.17. The molecule has 0 saturated carbocycles. The number of rotatable bonds is 6. The zero-order valence-corrected chi connectivity index (χ0v) is 9.97. The van der Waals surface area contributed by atoms with Crippen LogP contribution in [0.4, 0.5) is 0 Å². The van der Waals surface area contributed by atoms with E-state index in [4.69, 9.17) is 4.74 Å². The highest BCUT2D eigenvalue weighted by molar-refractivity contribution is 7.98. The first-order valence-corrected chi connectivity index (χ1v) is 6.30.